The molecule has 3 N–H and O–H groups in total. The summed E-state index contributed by atoms with van der Waals surface area (Å²) in [5, 5.41) is 15.0. The van der Waals surface area contributed by atoms with Gasteiger partial charge >= 0.3 is 6.18 Å². The van der Waals surface area contributed by atoms with Crippen LogP contribution < -0.4 is 10.6 Å². The lowest BCUT2D eigenvalue weighted by molar-refractivity contribution is -0.153. The summed E-state index contributed by atoms with van der Waals surface area (Å²) in [5.74, 6) is -2.15. The van der Waals surface area contributed by atoms with E-state index in [4.69, 9.17) is 16.0 Å². The van der Waals surface area contributed by atoms with Crippen LogP contribution in [0.25, 0.3) is 0 Å². The molecule has 2 aliphatic carbocycles. The lowest BCUT2D eigenvalue weighted by Crippen LogP contribution is -2.34. The largest absolute Gasteiger partial charge is 0.504 e. The number of hydrogen-bond donors (Lipinski definition) is 3. The zero-order valence-electron chi connectivity index (χ0n) is 16.6. The number of phenolic OH excluding ortho intramolecular Hbond substituents is 1. The van der Waals surface area contributed by atoms with Crippen LogP contribution in [-0.2, 0) is 27.2 Å². The number of carbonyl (C=O) groups excluding carboxylic acids is 1. The van der Waals surface area contributed by atoms with Crippen LogP contribution in [0.5, 0.6) is 5.75 Å². The number of furan rings is 1. The zero-order chi connectivity index (χ0) is 23.3. The maximum atomic E-state index is 12.9. The minimum Gasteiger partial charge on any atom is -0.504 e. The number of carbonyl (C=O) groups is 1. The van der Waals surface area contributed by atoms with Crippen LogP contribution in [0.4, 0.5) is 18.9 Å². The first-order valence-corrected chi connectivity index (χ1v) is 11.9. The van der Waals surface area contributed by atoms with Crippen LogP contribution in [0.3, 0.4) is 0 Å². The van der Waals surface area contributed by atoms with Gasteiger partial charge in [0.25, 0.3) is 0 Å². The van der Waals surface area contributed by atoms with E-state index in [1.165, 1.54) is 12.1 Å². The number of aryl methyl sites for hydroxylation is 1. The first kappa shape index (κ1) is 22.8. The summed E-state index contributed by atoms with van der Waals surface area (Å²) in [4.78, 5) is 12.0. The normalized spacial score (nSPS) is 18.8. The molecule has 174 valence electrons. The molecule has 32 heavy (non-hydrogen) atoms. The Balaban J connectivity index is 1.45. The Labute approximate surface area is 186 Å². The number of anilines is 1. The molecule has 2 aliphatic rings. The highest BCUT2D eigenvalue weighted by atomic mass is 35.5. The van der Waals surface area contributed by atoms with Crippen molar-refractivity contribution in [2.24, 2.45) is 0 Å². The van der Waals surface area contributed by atoms with E-state index in [2.05, 4.69) is 10.6 Å². The van der Waals surface area contributed by atoms with Crippen LogP contribution in [0.15, 0.2) is 27.5 Å². The van der Waals surface area contributed by atoms with Gasteiger partial charge in [0.05, 0.1) is 28.5 Å². The van der Waals surface area contributed by atoms with Crippen LogP contribution >= 0.6 is 11.6 Å². The van der Waals surface area contributed by atoms with Crippen molar-refractivity contribution in [3.8, 4) is 5.75 Å². The third-order valence-electron chi connectivity index (χ3n) is 5.48. The minimum atomic E-state index is -4.61. The predicted molar refractivity (Wildman–Crippen MR) is 109 cm³/mol. The molecule has 4 rings (SSSR count). The Kier molecular flexibility index (Phi) is 5.83. The van der Waals surface area contributed by atoms with E-state index in [9.17, 15) is 31.5 Å². The SMILES string of the molecule is O=C(CNc1ccc(Cl)c(S(=O)(=O)C2CC2)c1O)NC1CCCc2cc(C(F)(F)F)oc21. The molecule has 0 aliphatic heterocycles. The van der Waals surface area contributed by atoms with Crippen molar-refractivity contribution in [1.82, 2.24) is 5.32 Å². The van der Waals surface area contributed by atoms with E-state index in [1.807, 2.05) is 0 Å². The summed E-state index contributed by atoms with van der Waals surface area (Å²) >= 11 is 5.99. The summed E-state index contributed by atoms with van der Waals surface area (Å²) in [6.45, 7) is -0.350. The standard InChI is InChI=1S/C20H20ClF3N2O5S/c21-12-6-7-13(17(28)19(12)32(29,30)11-4-5-11)25-9-16(27)26-14-3-1-2-10-8-15(20(22,23)24)31-18(10)14/h6-8,11,14,25,28H,1-5,9H2,(H,26,27). The third-order valence-corrected chi connectivity index (χ3v) is 8.24. The summed E-state index contributed by atoms with van der Waals surface area (Å²) in [5.41, 5.74) is 0.414. The maximum absolute atomic E-state index is 12.9. The lowest BCUT2D eigenvalue weighted by Gasteiger charge is -2.22. The van der Waals surface area contributed by atoms with Crippen molar-refractivity contribution in [1.29, 1.82) is 0 Å². The van der Waals surface area contributed by atoms with Crippen molar-refractivity contribution in [2.45, 2.75) is 54.5 Å². The van der Waals surface area contributed by atoms with E-state index in [1.54, 1.807) is 0 Å². The van der Waals surface area contributed by atoms with Crippen LogP contribution in [-0.4, -0.2) is 31.2 Å². The maximum Gasteiger partial charge on any atom is 0.449 e. The average Bonchev–Trinajstić information content (AvgIpc) is 3.46. The second-order valence-corrected chi connectivity index (χ2v) is 10.5. The zero-order valence-corrected chi connectivity index (χ0v) is 18.2. The van der Waals surface area contributed by atoms with Gasteiger partial charge in [-0.2, -0.15) is 13.2 Å². The number of nitrogens with one attached hydrogen (secondary N) is 2. The molecule has 1 amide bonds. The summed E-state index contributed by atoms with van der Waals surface area (Å²) in [6, 6.07) is 2.90. The first-order chi connectivity index (χ1) is 15.0. The molecule has 2 aromatic rings. The lowest BCUT2D eigenvalue weighted by atomic mass is 9.94. The number of benzene rings is 1. The molecule has 1 atom stereocenters. The molecule has 1 unspecified atom stereocenters. The summed E-state index contributed by atoms with van der Waals surface area (Å²) in [7, 11) is -3.78. The van der Waals surface area contributed by atoms with Gasteiger partial charge in [-0.3, -0.25) is 4.79 Å². The number of hydrogen-bond acceptors (Lipinski definition) is 6. The smallest absolute Gasteiger partial charge is 0.449 e. The van der Waals surface area contributed by atoms with Crippen LogP contribution in [0.1, 0.15) is 48.8 Å². The van der Waals surface area contributed by atoms with Crippen molar-refractivity contribution in [3.63, 3.8) is 0 Å². The highest BCUT2D eigenvalue weighted by Crippen LogP contribution is 2.43. The van der Waals surface area contributed by atoms with Gasteiger partial charge in [-0.25, -0.2) is 8.42 Å². The molecule has 0 bridgehead atoms. The second kappa shape index (κ2) is 8.18. The highest BCUT2D eigenvalue weighted by Gasteiger charge is 2.40. The number of rotatable bonds is 6. The number of fused-ring (bicyclic) bond motifs is 1. The molecule has 0 spiro atoms. The summed E-state index contributed by atoms with van der Waals surface area (Å²) in [6.07, 6.45) is -2.20. The average molecular weight is 493 g/mol. The fraction of sp³-hybridized carbons (Fsp3) is 0.450. The summed E-state index contributed by atoms with van der Waals surface area (Å²) < 4.78 is 68.9. The van der Waals surface area contributed by atoms with Gasteiger partial charge in [-0.1, -0.05) is 11.6 Å². The molecule has 1 aromatic heterocycles. The number of halogens is 4. The molecular formula is C20H20ClF3N2O5S. The molecule has 7 nitrogen and oxygen atoms in total. The fourth-order valence-corrected chi connectivity index (χ4v) is 6.05. The molecule has 1 heterocycles. The van der Waals surface area contributed by atoms with Crippen molar-refractivity contribution < 1.29 is 35.9 Å². The molecular weight excluding hydrogens is 473 g/mol. The topological polar surface area (TPSA) is 109 Å². The number of alkyl halides is 3. The molecule has 1 aromatic carbocycles. The number of aromatic hydroxyl groups is 1. The number of sulfone groups is 1. The predicted octanol–water partition coefficient (Wildman–Crippen LogP) is 4.20. The Morgan fingerprint density at radius 2 is 1.97 bits per heavy atom. The highest BCUT2D eigenvalue weighted by molar-refractivity contribution is 7.92. The van der Waals surface area contributed by atoms with Gasteiger partial charge in [0, 0.05) is 0 Å². The van der Waals surface area contributed by atoms with Gasteiger partial charge in [-0.05, 0) is 55.9 Å². The first-order valence-electron chi connectivity index (χ1n) is 9.97. The van der Waals surface area contributed by atoms with Crippen molar-refractivity contribution >= 4 is 33.0 Å². The van der Waals surface area contributed by atoms with E-state index in [0.717, 1.165) is 6.07 Å². The van der Waals surface area contributed by atoms with Crippen molar-refractivity contribution in [3.05, 3.63) is 40.3 Å². The molecule has 12 heteroatoms. The van der Waals surface area contributed by atoms with Crippen LogP contribution in [0, 0.1) is 0 Å². The Morgan fingerprint density at radius 3 is 2.62 bits per heavy atom. The monoisotopic (exact) mass is 492 g/mol. The number of amides is 1. The molecule has 0 saturated heterocycles. The number of phenols is 1. The van der Waals surface area contributed by atoms with E-state index >= 15 is 0 Å². The van der Waals surface area contributed by atoms with E-state index < -0.39 is 44.7 Å². The molecule has 1 saturated carbocycles. The van der Waals surface area contributed by atoms with Crippen LogP contribution in [0.2, 0.25) is 5.02 Å². The van der Waals surface area contributed by atoms with Gasteiger partial charge in [0.15, 0.2) is 15.6 Å². The van der Waals surface area contributed by atoms with Gasteiger partial charge in [0.1, 0.15) is 10.7 Å². The Hall–Kier alpha value is -2.40. The Morgan fingerprint density at radius 1 is 1.25 bits per heavy atom. The van der Waals surface area contributed by atoms with Gasteiger partial charge in [-0.15, -0.1) is 0 Å². The minimum absolute atomic E-state index is 0.00506. The second-order valence-electron chi connectivity index (χ2n) is 7.88. The third kappa shape index (κ3) is 4.40. The fourth-order valence-electron chi connectivity index (χ4n) is 3.76. The van der Waals surface area contributed by atoms with E-state index in [-0.39, 0.29) is 27.9 Å². The van der Waals surface area contributed by atoms with Gasteiger partial charge < -0.3 is 20.2 Å². The molecule has 1 fully saturated rings. The van der Waals surface area contributed by atoms with E-state index in [0.29, 0.717) is 37.7 Å². The Bertz CT molecular complexity index is 1160. The van der Waals surface area contributed by atoms with Crippen molar-refractivity contribution in [2.75, 3.05) is 11.9 Å². The van der Waals surface area contributed by atoms with Gasteiger partial charge in [0.2, 0.25) is 11.7 Å². The quantitative estimate of drug-likeness (QED) is 0.521. The molecule has 0 radical (unpaired) electrons.